The quantitative estimate of drug-likeness (QED) is 0.436. The molecule has 1 N–H and O–H groups in total. The molecular formula is C30H36O5. The third kappa shape index (κ3) is 5.98. The van der Waals surface area contributed by atoms with Crippen molar-refractivity contribution in [1.82, 2.24) is 0 Å². The maximum atomic E-state index is 9.94. The van der Waals surface area contributed by atoms with E-state index in [9.17, 15) is 5.11 Å². The predicted molar refractivity (Wildman–Crippen MR) is 139 cm³/mol. The number of hydrogen-bond donors (Lipinski definition) is 1. The van der Waals surface area contributed by atoms with Crippen LogP contribution in [0, 0.1) is 13.8 Å². The van der Waals surface area contributed by atoms with Gasteiger partial charge in [0.05, 0.1) is 26.4 Å². The second-order valence-corrected chi connectivity index (χ2v) is 9.27. The van der Waals surface area contributed by atoms with E-state index in [1.807, 2.05) is 24.3 Å². The molecular weight excluding hydrogens is 440 g/mol. The highest BCUT2D eigenvalue weighted by Crippen LogP contribution is 2.35. The van der Waals surface area contributed by atoms with Gasteiger partial charge < -0.3 is 24.1 Å². The zero-order valence-corrected chi connectivity index (χ0v) is 21.2. The first kappa shape index (κ1) is 25.1. The maximum Gasteiger partial charge on any atom is 0.124 e. The van der Waals surface area contributed by atoms with Gasteiger partial charge in [-0.3, -0.25) is 0 Å². The van der Waals surface area contributed by atoms with Crippen molar-refractivity contribution in [3.63, 3.8) is 0 Å². The first-order chi connectivity index (χ1) is 17.0. The summed E-state index contributed by atoms with van der Waals surface area (Å²) < 4.78 is 22.1. The molecule has 1 saturated heterocycles. The van der Waals surface area contributed by atoms with Gasteiger partial charge >= 0.3 is 0 Å². The Labute approximate surface area is 208 Å². The fourth-order valence-electron chi connectivity index (χ4n) is 4.82. The molecule has 35 heavy (non-hydrogen) atoms. The molecule has 186 valence electrons. The van der Waals surface area contributed by atoms with Crippen LogP contribution >= 0.6 is 0 Å². The number of rotatable bonds is 6. The monoisotopic (exact) mass is 476 g/mol. The Kier molecular flexibility index (Phi) is 8.32. The summed E-state index contributed by atoms with van der Waals surface area (Å²) in [4.78, 5) is 0. The van der Waals surface area contributed by atoms with Crippen molar-refractivity contribution in [3.8, 4) is 28.4 Å². The Morgan fingerprint density at radius 3 is 2.46 bits per heavy atom. The Morgan fingerprint density at radius 1 is 1.00 bits per heavy atom. The van der Waals surface area contributed by atoms with Crippen LogP contribution in [0.4, 0.5) is 0 Å². The van der Waals surface area contributed by atoms with Gasteiger partial charge in [-0.15, -0.1) is 0 Å². The van der Waals surface area contributed by atoms with Crippen LogP contribution in [0.2, 0.25) is 0 Å². The zero-order chi connectivity index (χ0) is 24.8. The van der Waals surface area contributed by atoms with Gasteiger partial charge in [0, 0.05) is 30.6 Å². The summed E-state index contributed by atoms with van der Waals surface area (Å²) in [6.45, 7) is 9.08. The molecule has 1 fully saturated rings. The van der Waals surface area contributed by atoms with Crippen molar-refractivity contribution in [1.29, 1.82) is 0 Å². The summed E-state index contributed by atoms with van der Waals surface area (Å²) in [5.74, 6) is 2.86. The van der Waals surface area contributed by atoms with Crippen molar-refractivity contribution in [2.75, 3.05) is 26.9 Å². The van der Waals surface area contributed by atoms with E-state index in [1.165, 1.54) is 17.5 Å². The number of benzene rings is 3. The number of aromatic hydroxyl groups is 1. The topological polar surface area (TPSA) is 57.2 Å². The molecule has 3 aromatic carbocycles. The molecule has 2 unspecified atom stereocenters. The van der Waals surface area contributed by atoms with Gasteiger partial charge in [-0.2, -0.15) is 0 Å². The highest BCUT2D eigenvalue weighted by Gasteiger charge is 2.21. The highest BCUT2D eigenvalue weighted by atomic mass is 16.5. The summed E-state index contributed by atoms with van der Waals surface area (Å²) >= 11 is 0. The highest BCUT2D eigenvalue weighted by molar-refractivity contribution is 5.73. The third-order valence-electron chi connectivity index (χ3n) is 6.66. The first-order valence-corrected chi connectivity index (χ1v) is 12.4. The standard InChI is InChI=1S/C20H24O4.C10H12O/c1-13-8-18(24-17-6-7-23-12-17)9-14(2)20(13)15-4-5-19(21)16(10-15)11-22-3;1-2-8-7-11-10-6-4-3-5-9(8)10/h4-5,8-10,17,21H,6-7,11-12H2,1-3H3;3-6,8H,2,7H2,1H3. The second kappa shape index (κ2) is 11.6. The minimum atomic E-state index is 0.150. The van der Waals surface area contributed by atoms with Crippen molar-refractivity contribution in [2.45, 2.75) is 52.2 Å². The molecule has 0 spiro atoms. The fraction of sp³-hybridized carbons (Fsp3) is 0.400. The van der Waals surface area contributed by atoms with E-state index in [1.54, 1.807) is 13.2 Å². The van der Waals surface area contributed by atoms with Gasteiger partial charge in [0.1, 0.15) is 23.4 Å². The van der Waals surface area contributed by atoms with Crippen molar-refractivity contribution < 1.29 is 24.1 Å². The molecule has 0 aromatic heterocycles. The average molecular weight is 477 g/mol. The lowest BCUT2D eigenvalue weighted by Crippen LogP contribution is -2.15. The van der Waals surface area contributed by atoms with Crippen molar-refractivity contribution >= 4 is 0 Å². The number of methoxy groups -OCH3 is 1. The number of fused-ring (bicyclic) bond motifs is 1. The van der Waals surface area contributed by atoms with E-state index in [-0.39, 0.29) is 11.9 Å². The molecule has 5 rings (SSSR count). The van der Waals surface area contributed by atoms with Gasteiger partial charge in [-0.05, 0) is 72.9 Å². The zero-order valence-electron chi connectivity index (χ0n) is 21.2. The van der Waals surface area contributed by atoms with Gasteiger partial charge in [0.15, 0.2) is 0 Å². The van der Waals surface area contributed by atoms with Gasteiger partial charge in [0.2, 0.25) is 0 Å². The molecule has 2 aliphatic rings. The van der Waals surface area contributed by atoms with E-state index in [4.69, 9.17) is 18.9 Å². The number of phenols is 1. The molecule has 2 aliphatic heterocycles. The fourth-order valence-corrected chi connectivity index (χ4v) is 4.82. The molecule has 5 nitrogen and oxygen atoms in total. The molecule has 0 aliphatic carbocycles. The Balaban J connectivity index is 0.000000218. The van der Waals surface area contributed by atoms with Crippen LogP contribution < -0.4 is 9.47 Å². The number of hydrogen-bond acceptors (Lipinski definition) is 5. The Morgan fingerprint density at radius 2 is 1.77 bits per heavy atom. The lowest BCUT2D eigenvalue weighted by atomic mass is 9.94. The normalized spacial score (nSPS) is 18.4. The van der Waals surface area contributed by atoms with Crippen molar-refractivity contribution in [3.05, 3.63) is 76.9 Å². The van der Waals surface area contributed by atoms with Crippen LogP contribution in [0.15, 0.2) is 54.6 Å². The molecule has 0 radical (unpaired) electrons. The SMILES string of the molecule is CCC1COc2ccccc21.COCc1cc(-c2c(C)cc(OC3CCOC3)cc2C)ccc1O. The second-order valence-electron chi connectivity index (χ2n) is 9.27. The summed E-state index contributed by atoms with van der Waals surface area (Å²) in [6, 6.07) is 18.1. The van der Waals surface area contributed by atoms with Crippen LogP contribution in [-0.4, -0.2) is 38.1 Å². The van der Waals surface area contributed by atoms with Gasteiger partial charge in [0.25, 0.3) is 0 Å². The molecule has 2 heterocycles. The van der Waals surface area contributed by atoms with Crippen LogP contribution in [0.5, 0.6) is 17.2 Å². The van der Waals surface area contributed by atoms with E-state index < -0.39 is 0 Å². The number of phenolic OH excluding ortho intramolecular Hbond substituents is 1. The van der Waals surface area contributed by atoms with Crippen molar-refractivity contribution in [2.24, 2.45) is 0 Å². The Bertz CT molecular complexity index is 1110. The van der Waals surface area contributed by atoms with Crippen LogP contribution in [0.1, 0.15) is 47.9 Å². The molecule has 2 atom stereocenters. The molecule has 3 aromatic rings. The summed E-state index contributed by atoms with van der Waals surface area (Å²) in [5, 5.41) is 9.94. The number of ether oxygens (including phenoxy) is 4. The third-order valence-corrected chi connectivity index (χ3v) is 6.66. The average Bonchev–Trinajstić information content (AvgIpc) is 3.51. The van der Waals surface area contributed by atoms with Crippen LogP contribution in [-0.2, 0) is 16.1 Å². The number of para-hydroxylation sites is 1. The minimum absolute atomic E-state index is 0.150. The first-order valence-electron chi connectivity index (χ1n) is 12.4. The Hall–Kier alpha value is -3.02. The molecule has 5 heteroatoms. The summed E-state index contributed by atoms with van der Waals surface area (Å²) in [5.41, 5.74) is 6.72. The molecule has 0 amide bonds. The smallest absolute Gasteiger partial charge is 0.124 e. The lowest BCUT2D eigenvalue weighted by Gasteiger charge is -2.17. The minimum Gasteiger partial charge on any atom is -0.508 e. The summed E-state index contributed by atoms with van der Waals surface area (Å²) in [7, 11) is 1.63. The van der Waals surface area contributed by atoms with E-state index in [2.05, 4.69) is 45.0 Å². The van der Waals surface area contributed by atoms with Crippen LogP contribution in [0.3, 0.4) is 0 Å². The number of aryl methyl sites for hydroxylation is 2. The summed E-state index contributed by atoms with van der Waals surface area (Å²) in [6.07, 6.45) is 2.27. The van der Waals surface area contributed by atoms with Gasteiger partial charge in [-0.1, -0.05) is 31.2 Å². The lowest BCUT2D eigenvalue weighted by molar-refractivity contribution is 0.141. The van der Waals surface area contributed by atoms with E-state index >= 15 is 0 Å². The van der Waals surface area contributed by atoms with Gasteiger partial charge in [-0.25, -0.2) is 0 Å². The maximum absolute atomic E-state index is 9.94. The van der Waals surface area contributed by atoms with Crippen LogP contribution in [0.25, 0.3) is 11.1 Å². The van der Waals surface area contributed by atoms with E-state index in [0.29, 0.717) is 19.1 Å². The molecule has 0 bridgehead atoms. The largest absolute Gasteiger partial charge is 0.508 e. The van der Waals surface area contributed by atoms with E-state index in [0.717, 1.165) is 53.4 Å². The molecule has 0 saturated carbocycles. The predicted octanol–water partition coefficient (Wildman–Crippen LogP) is 6.56.